The van der Waals surface area contributed by atoms with Crippen LogP contribution >= 0.6 is 23.2 Å². The van der Waals surface area contributed by atoms with Gasteiger partial charge in [-0.1, -0.05) is 51.7 Å². The molecule has 0 amide bonds. The maximum Gasteiger partial charge on any atom is 0.433 e. The van der Waals surface area contributed by atoms with Crippen LogP contribution in [0.4, 0.5) is 30.7 Å². The van der Waals surface area contributed by atoms with Crippen LogP contribution in [0.1, 0.15) is 81.8 Å². The Kier molecular flexibility index (Phi) is 14.6. The van der Waals surface area contributed by atoms with E-state index in [1.807, 2.05) is 0 Å². The molecule has 1 unspecified atom stereocenters. The van der Waals surface area contributed by atoms with Crippen molar-refractivity contribution in [3.05, 3.63) is 87.2 Å². The Bertz CT molecular complexity index is 2610. The molecule has 2 fully saturated rings. The zero-order valence-electron chi connectivity index (χ0n) is 35.9. The van der Waals surface area contributed by atoms with E-state index in [-0.39, 0.29) is 100 Å². The SMILES string of the molecule is CC(O)Cn1ncc(-c2onc(-c3c(F)cccc3Cl)c2COC2CCC2)c1C(F)(F)F.COc1cccc(-c2noc(-c3cnn(CCC(C)(C)O)c3C(F)(F)F)c2COC2CC2)c1Cl. The molecule has 22 heteroatoms. The topological polar surface area (TPSA) is 156 Å². The van der Waals surface area contributed by atoms with Crippen molar-refractivity contribution in [2.75, 3.05) is 7.11 Å². The van der Waals surface area contributed by atoms with Gasteiger partial charge in [0, 0.05) is 12.1 Å². The van der Waals surface area contributed by atoms with Gasteiger partial charge in [0.2, 0.25) is 0 Å². The van der Waals surface area contributed by atoms with E-state index in [2.05, 4.69) is 20.5 Å². The maximum absolute atomic E-state index is 14.6. The third kappa shape index (κ3) is 11.1. The molecule has 0 spiro atoms. The number of aromatic nitrogens is 6. The first-order valence-corrected chi connectivity index (χ1v) is 21.6. The molecule has 356 valence electrons. The lowest BCUT2D eigenvalue weighted by atomic mass is 9.96. The van der Waals surface area contributed by atoms with Crippen molar-refractivity contribution in [2.45, 2.75) is 122 Å². The van der Waals surface area contributed by atoms with Crippen LogP contribution in [0.25, 0.3) is 45.2 Å². The van der Waals surface area contributed by atoms with Gasteiger partial charge in [0.1, 0.15) is 23.0 Å². The molecule has 0 radical (unpaired) electrons. The van der Waals surface area contributed by atoms with E-state index >= 15 is 0 Å². The Labute approximate surface area is 383 Å². The highest BCUT2D eigenvalue weighted by atomic mass is 35.5. The number of ether oxygens (including phenoxy) is 3. The molecule has 2 saturated carbocycles. The Balaban J connectivity index is 0.000000197. The molecule has 2 aromatic carbocycles. The van der Waals surface area contributed by atoms with Gasteiger partial charge in [0.15, 0.2) is 22.9 Å². The lowest BCUT2D eigenvalue weighted by molar-refractivity contribution is -0.145. The monoisotopic (exact) mass is 972 g/mol. The lowest BCUT2D eigenvalue weighted by Gasteiger charge is -2.25. The minimum absolute atomic E-state index is 0.00147. The molecule has 0 saturated heterocycles. The number of hydrogen-bond donors (Lipinski definition) is 2. The van der Waals surface area contributed by atoms with Gasteiger partial charge < -0.3 is 33.5 Å². The summed E-state index contributed by atoms with van der Waals surface area (Å²) in [5.41, 5.74) is -2.77. The van der Waals surface area contributed by atoms with Crippen molar-refractivity contribution in [1.82, 2.24) is 29.9 Å². The summed E-state index contributed by atoms with van der Waals surface area (Å²) in [4.78, 5) is 0. The quantitative estimate of drug-likeness (QED) is 0.0890. The average molecular weight is 974 g/mol. The zero-order chi connectivity index (χ0) is 47.7. The molecule has 0 bridgehead atoms. The van der Waals surface area contributed by atoms with Crippen LogP contribution in [-0.4, -0.2) is 71.1 Å². The minimum Gasteiger partial charge on any atom is -0.495 e. The van der Waals surface area contributed by atoms with Crippen molar-refractivity contribution in [3.63, 3.8) is 0 Å². The number of methoxy groups -OCH3 is 1. The fourth-order valence-corrected chi connectivity index (χ4v) is 7.65. The van der Waals surface area contributed by atoms with Gasteiger partial charge in [0.25, 0.3) is 0 Å². The van der Waals surface area contributed by atoms with Crippen molar-refractivity contribution in [2.24, 2.45) is 0 Å². The number of aryl methyl sites for hydroxylation is 1. The van der Waals surface area contributed by atoms with Gasteiger partial charge in [-0.25, -0.2) is 4.39 Å². The molecule has 13 nitrogen and oxygen atoms in total. The van der Waals surface area contributed by atoms with Gasteiger partial charge in [-0.2, -0.15) is 36.5 Å². The second kappa shape index (κ2) is 19.7. The molecular weight excluding hydrogens is 928 g/mol. The molecule has 2 N–H and O–H groups in total. The molecule has 66 heavy (non-hydrogen) atoms. The molecular formula is C44H45Cl2F7N6O7. The van der Waals surface area contributed by atoms with Crippen LogP contribution in [0.5, 0.6) is 5.75 Å². The van der Waals surface area contributed by atoms with E-state index in [4.69, 9.17) is 46.5 Å². The fourth-order valence-electron chi connectivity index (χ4n) is 7.11. The van der Waals surface area contributed by atoms with E-state index in [1.54, 1.807) is 18.2 Å². The molecule has 2 aliphatic carbocycles. The highest BCUT2D eigenvalue weighted by Crippen LogP contribution is 2.45. The summed E-state index contributed by atoms with van der Waals surface area (Å²) in [5.74, 6) is -0.615. The third-order valence-electron chi connectivity index (χ3n) is 10.8. The van der Waals surface area contributed by atoms with E-state index in [9.17, 15) is 40.9 Å². The standard InChI is InChI=1S/C23H25ClF3N3O4.C21H20ClF4N3O3/c1-22(2,31)9-10-30-21(23(25,26)27)15(11-28-30)20-16(12-33-13-7-8-13)19(29-34-20)14-5-4-6-17(32-3)18(14)24;1-11(30)9-29-20(21(24,25)26)13(8-27-29)19-14(10-31-12-4-2-5-12)18(28-32-19)17-15(22)6-3-7-16(17)23/h4-6,11,13,31H,7-10,12H2,1-3H3;3,6-8,11-12,30H,2,4-5,9-10H2,1H3. The second-order valence-corrected chi connectivity index (χ2v) is 17.4. The van der Waals surface area contributed by atoms with Crippen molar-refractivity contribution < 1.29 is 64.2 Å². The van der Waals surface area contributed by atoms with Crippen LogP contribution < -0.4 is 4.74 Å². The van der Waals surface area contributed by atoms with Gasteiger partial charge in [-0.15, -0.1) is 0 Å². The van der Waals surface area contributed by atoms with Gasteiger partial charge in [-0.3, -0.25) is 9.36 Å². The molecule has 4 aromatic heterocycles. The number of alkyl halides is 6. The molecule has 8 rings (SSSR count). The number of aliphatic hydroxyl groups excluding tert-OH is 1. The van der Waals surface area contributed by atoms with Crippen molar-refractivity contribution in [3.8, 4) is 50.9 Å². The highest BCUT2D eigenvalue weighted by molar-refractivity contribution is 6.34. The van der Waals surface area contributed by atoms with Crippen LogP contribution in [0.15, 0.2) is 57.8 Å². The highest BCUT2D eigenvalue weighted by Gasteiger charge is 2.43. The van der Waals surface area contributed by atoms with E-state index in [0.29, 0.717) is 21.6 Å². The second-order valence-electron chi connectivity index (χ2n) is 16.6. The summed E-state index contributed by atoms with van der Waals surface area (Å²) in [6.07, 6.45) is -3.97. The van der Waals surface area contributed by atoms with E-state index in [1.165, 1.54) is 46.1 Å². The first kappa shape index (κ1) is 48.9. The molecule has 2 aliphatic rings. The normalized spacial score (nSPS) is 15.1. The summed E-state index contributed by atoms with van der Waals surface area (Å²) < 4.78 is 128. The smallest absolute Gasteiger partial charge is 0.433 e. The summed E-state index contributed by atoms with van der Waals surface area (Å²) in [5, 5.41) is 35.5. The number of aliphatic hydroxyl groups is 2. The molecule has 0 aliphatic heterocycles. The first-order chi connectivity index (χ1) is 31.2. The van der Waals surface area contributed by atoms with Gasteiger partial charge in [-0.05, 0) is 77.5 Å². The predicted octanol–water partition coefficient (Wildman–Crippen LogP) is 11.2. The Morgan fingerprint density at radius 3 is 1.85 bits per heavy atom. The van der Waals surface area contributed by atoms with Crippen LogP contribution in [0.3, 0.4) is 0 Å². The van der Waals surface area contributed by atoms with E-state index < -0.39 is 41.3 Å². The predicted molar refractivity (Wildman–Crippen MR) is 226 cm³/mol. The number of nitrogens with zero attached hydrogens (tertiary/aromatic N) is 6. The molecule has 1 atom stereocenters. The summed E-state index contributed by atoms with van der Waals surface area (Å²) in [6.45, 7) is 3.77. The number of halogens is 9. The average Bonchev–Trinajstić information content (AvgIpc) is 3.51. The largest absolute Gasteiger partial charge is 0.495 e. The summed E-state index contributed by atoms with van der Waals surface area (Å²) in [7, 11) is 1.47. The molecule has 4 heterocycles. The van der Waals surface area contributed by atoms with Crippen LogP contribution in [0.2, 0.25) is 10.0 Å². The lowest BCUT2D eigenvalue weighted by Crippen LogP contribution is -2.24. The fraction of sp³-hybridized carbons (Fsp3) is 0.455. The zero-order valence-corrected chi connectivity index (χ0v) is 37.5. The first-order valence-electron chi connectivity index (χ1n) is 20.8. The number of hydrogen-bond acceptors (Lipinski definition) is 11. The Morgan fingerprint density at radius 2 is 1.33 bits per heavy atom. The summed E-state index contributed by atoms with van der Waals surface area (Å²) in [6, 6.07) is 9.09. The third-order valence-corrected chi connectivity index (χ3v) is 11.5. The Morgan fingerprint density at radius 1 is 0.788 bits per heavy atom. The van der Waals surface area contributed by atoms with E-state index in [0.717, 1.165) is 49.2 Å². The maximum atomic E-state index is 14.6. The van der Waals surface area contributed by atoms with Crippen molar-refractivity contribution in [1.29, 1.82) is 0 Å². The minimum atomic E-state index is -4.80. The number of benzene rings is 2. The van der Waals surface area contributed by atoms with Crippen LogP contribution in [0, 0.1) is 5.82 Å². The Hall–Kier alpha value is -4.99. The van der Waals surface area contributed by atoms with Crippen molar-refractivity contribution >= 4 is 23.2 Å². The molecule has 6 aromatic rings. The van der Waals surface area contributed by atoms with Crippen LogP contribution in [-0.2, 0) is 48.1 Å². The van der Waals surface area contributed by atoms with Gasteiger partial charge >= 0.3 is 12.4 Å². The van der Waals surface area contributed by atoms with Gasteiger partial charge in [0.05, 0.1) is 101 Å². The number of rotatable bonds is 16. The summed E-state index contributed by atoms with van der Waals surface area (Å²) >= 11 is 12.6.